The molecule has 3 nitrogen and oxygen atoms in total. The maximum atomic E-state index is 11.3. The quantitative estimate of drug-likeness (QED) is 0.633. The molecule has 0 bridgehead atoms. The summed E-state index contributed by atoms with van der Waals surface area (Å²) in [5, 5.41) is 0. The molecule has 0 radical (unpaired) electrons. The van der Waals surface area contributed by atoms with Crippen LogP contribution in [0.25, 0.3) is 0 Å². The van der Waals surface area contributed by atoms with Crippen molar-refractivity contribution in [1.82, 2.24) is 0 Å². The minimum atomic E-state index is -0.438. The fraction of sp³-hybridized carbons (Fsp3) is 0.917. The van der Waals surface area contributed by atoms with Crippen molar-refractivity contribution in [2.45, 2.75) is 58.9 Å². The number of nitrogens with two attached hydrogens (primary N) is 1. The van der Waals surface area contributed by atoms with E-state index in [1.807, 2.05) is 0 Å². The Morgan fingerprint density at radius 2 is 2.00 bits per heavy atom. The van der Waals surface area contributed by atoms with Crippen molar-refractivity contribution in [3.63, 3.8) is 0 Å². The van der Waals surface area contributed by atoms with Gasteiger partial charge in [0.15, 0.2) is 0 Å². The number of esters is 1. The van der Waals surface area contributed by atoms with E-state index in [-0.39, 0.29) is 5.97 Å². The highest BCUT2D eigenvalue weighted by molar-refractivity contribution is 5.75. The Kier molecular flexibility index (Phi) is 8.38. The highest BCUT2D eigenvalue weighted by Gasteiger charge is 2.18. The van der Waals surface area contributed by atoms with Gasteiger partial charge in [-0.05, 0) is 19.3 Å². The molecule has 0 saturated heterocycles. The highest BCUT2D eigenvalue weighted by Crippen LogP contribution is 2.18. The van der Waals surface area contributed by atoms with Crippen LogP contribution in [0.5, 0.6) is 0 Å². The summed E-state index contributed by atoms with van der Waals surface area (Å²) >= 11 is 0. The third-order valence-corrected chi connectivity index (χ3v) is 2.72. The molecule has 0 spiro atoms. The van der Waals surface area contributed by atoms with Gasteiger partial charge in [0.1, 0.15) is 6.04 Å². The molecule has 2 unspecified atom stereocenters. The number of hydrogen-bond acceptors (Lipinski definition) is 3. The van der Waals surface area contributed by atoms with E-state index in [4.69, 9.17) is 10.5 Å². The van der Waals surface area contributed by atoms with E-state index in [1.54, 1.807) is 6.92 Å². The van der Waals surface area contributed by atoms with Gasteiger partial charge in [-0.2, -0.15) is 0 Å². The van der Waals surface area contributed by atoms with Crippen LogP contribution in [0.2, 0.25) is 0 Å². The normalized spacial score (nSPS) is 14.7. The Morgan fingerprint density at radius 3 is 2.47 bits per heavy atom. The molecule has 3 heteroatoms. The van der Waals surface area contributed by atoms with Gasteiger partial charge in [-0.1, -0.05) is 39.5 Å². The van der Waals surface area contributed by atoms with Crippen LogP contribution in [0.1, 0.15) is 52.9 Å². The third kappa shape index (κ3) is 6.50. The zero-order chi connectivity index (χ0) is 11.7. The molecule has 0 aliphatic heterocycles. The number of ether oxygens (including phenoxy) is 1. The minimum absolute atomic E-state index is 0.257. The molecule has 15 heavy (non-hydrogen) atoms. The summed E-state index contributed by atoms with van der Waals surface area (Å²) in [5.74, 6) is 0.303. The maximum Gasteiger partial charge on any atom is 0.322 e. The van der Waals surface area contributed by atoms with Gasteiger partial charge in [0.05, 0.1) is 6.61 Å². The molecule has 0 rings (SSSR count). The van der Waals surface area contributed by atoms with Crippen LogP contribution >= 0.6 is 0 Å². The van der Waals surface area contributed by atoms with Crippen LogP contribution in [0.3, 0.4) is 0 Å². The van der Waals surface area contributed by atoms with Gasteiger partial charge in [-0.25, -0.2) is 0 Å². The summed E-state index contributed by atoms with van der Waals surface area (Å²) in [4.78, 5) is 11.3. The zero-order valence-electron chi connectivity index (χ0n) is 10.3. The number of carbonyl (C=O) groups excluding carboxylic acids is 1. The van der Waals surface area contributed by atoms with Gasteiger partial charge < -0.3 is 10.5 Å². The Morgan fingerprint density at radius 1 is 1.33 bits per heavy atom. The molecule has 2 atom stereocenters. The predicted octanol–water partition coefficient (Wildman–Crippen LogP) is 2.48. The molecule has 90 valence electrons. The molecule has 0 aromatic rings. The number of hydrogen-bond donors (Lipinski definition) is 1. The second-order valence-electron chi connectivity index (χ2n) is 4.01. The first kappa shape index (κ1) is 14.4. The van der Waals surface area contributed by atoms with Gasteiger partial charge >= 0.3 is 5.97 Å². The molecule has 0 heterocycles. The second-order valence-corrected chi connectivity index (χ2v) is 4.01. The molecule has 2 N–H and O–H groups in total. The molecular formula is C12H25NO2. The molecule has 0 amide bonds. The van der Waals surface area contributed by atoms with Crippen molar-refractivity contribution in [2.75, 3.05) is 6.61 Å². The van der Waals surface area contributed by atoms with Crippen molar-refractivity contribution >= 4 is 5.97 Å². The van der Waals surface area contributed by atoms with Crippen molar-refractivity contribution < 1.29 is 9.53 Å². The van der Waals surface area contributed by atoms with E-state index in [1.165, 1.54) is 19.3 Å². The predicted molar refractivity (Wildman–Crippen MR) is 62.5 cm³/mol. The molecule has 0 aromatic carbocycles. The lowest BCUT2D eigenvalue weighted by Gasteiger charge is -2.18. The second kappa shape index (κ2) is 8.72. The Balaban J connectivity index is 3.88. The first-order valence-electron chi connectivity index (χ1n) is 6.07. The van der Waals surface area contributed by atoms with Gasteiger partial charge in [0.2, 0.25) is 0 Å². The maximum absolute atomic E-state index is 11.3. The first-order valence-corrected chi connectivity index (χ1v) is 6.07. The molecule has 0 aliphatic carbocycles. The molecule has 0 saturated carbocycles. The molecule has 0 aromatic heterocycles. The molecule has 0 aliphatic rings. The molecule has 0 fully saturated rings. The Labute approximate surface area is 93.4 Å². The Hall–Kier alpha value is -0.570. The van der Waals surface area contributed by atoms with Gasteiger partial charge in [0, 0.05) is 0 Å². The fourth-order valence-corrected chi connectivity index (χ4v) is 1.69. The lowest BCUT2D eigenvalue weighted by Crippen LogP contribution is -2.34. The van der Waals surface area contributed by atoms with E-state index >= 15 is 0 Å². The van der Waals surface area contributed by atoms with Gasteiger partial charge in [-0.3, -0.25) is 4.79 Å². The van der Waals surface area contributed by atoms with Crippen LogP contribution in [-0.2, 0) is 9.53 Å². The lowest BCUT2D eigenvalue weighted by molar-refractivity contribution is -0.145. The van der Waals surface area contributed by atoms with Crippen LogP contribution < -0.4 is 5.73 Å². The van der Waals surface area contributed by atoms with E-state index in [9.17, 15) is 4.79 Å². The summed E-state index contributed by atoms with van der Waals surface area (Å²) in [6, 6.07) is -0.438. The summed E-state index contributed by atoms with van der Waals surface area (Å²) < 4.78 is 4.89. The summed E-state index contributed by atoms with van der Waals surface area (Å²) in [7, 11) is 0. The smallest absolute Gasteiger partial charge is 0.322 e. The number of rotatable bonds is 8. The largest absolute Gasteiger partial charge is 0.465 e. The monoisotopic (exact) mass is 215 g/mol. The van der Waals surface area contributed by atoms with E-state index in [2.05, 4.69) is 13.8 Å². The highest BCUT2D eigenvalue weighted by atomic mass is 16.5. The number of unbranched alkanes of at least 4 members (excludes halogenated alkanes) is 1. The fourth-order valence-electron chi connectivity index (χ4n) is 1.69. The van der Waals surface area contributed by atoms with Gasteiger partial charge in [0.25, 0.3) is 0 Å². The van der Waals surface area contributed by atoms with Crippen LogP contribution in [0, 0.1) is 5.92 Å². The number of carbonyl (C=O) groups is 1. The Bertz CT molecular complexity index is 171. The standard InChI is InChI=1S/C12H25NO2/c1-4-7-8-10(5-2)9-11(13)12(14)15-6-3/h10-11H,4-9,13H2,1-3H3. The summed E-state index contributed by atoms with van der Waals surface area (Å²) in [5.41, 5.74) is 5.78. The van der Waals surface area contributed by atoms with Crippen LogP contribution in [0.15, 0.2) is 0 Å². The average molecular weight is 215 g/mol. The lowest BCUT2D eigenvalue weighted by atomic mass is 9.92. The van der Waals surface area contributed by atoms with Crippen molar-refractivity contribution in [1.29, 1.82) is 0 Å². The molecular weight excluding hydrogens is 190 g/mol. The zero-order valence-corrected chi connectivity index (χ0v) is 10.3. The topological polar surface area (TPSA) is 52.3 Å². The van der Waals surface area contributed by atoms with E-state index < -0.39 is 6.04 Å². The van der Waals surface area contributed by atoms with E-state index in [0.29, 0.717) is 12.5 Å². The summed E-state index contributed by atoms with van der Waals surface area (Å²) in [6.45, 7) is 6.55. The first-order chi connectivity index (χ1) is 7.15. The SMILES string of the molecule is CCCCC(CC)CC(N)C(=O)OCC. The van der Waals surface area contributed by atoms with Crippen molar-refractivity contribution in [2.24, 2.45) is 11.7 Å². The average Bonchev–Trinajstić information content (AvgIpc) is 2.24. The summed E-state index contributed by atoms with van der Waals surface area (Å²) in [6.07, 6.45) is 5.43. The van der Waals surface area contributed by atoms with Crippen LogP contribution in [0.4, 0.5) is 0 Å². The minimum Gasteiger partial charge on any atom is -0.465 e. The van der Waals surface area contributed by atoms with Gasteiger partial charge in [-0.15, -0.1) is 0 Å². The van der Waals surface area contributed by atoms with Crippen molar-refractivity contribution in [3.05, 3.63) is 0 Å². The van der Waals surface area contributed by atoms with Crippen molar-refractivity contribution in [3.8, 4) is 0 Å². The van der Waals surface area contributed by atoms with E-state index in [0.717, 1.165) is 12.8 Å². The van der Waals surface area contributed by atoms with Crippen LogP contribution in [-0.4, -0.2) is 18.6 Å². The third-order valence-electron chi connectivity index (χ3n) is 2.72.